The van der Waals surface area contributed by atoms with Crippen molar-refractivity contribution < 1.29 is 27.1 Å². The first-order chi connectivity index (χ1) is 11.7. The van der Waals surface area contributed by atoms with Crippen molar-refractivity contribution in [3.05, 3.63) is 27.9 Å². The number of carbonyl (C=O) groups excluding carboxylic acids is 1. The quantitative estimate of drug-likeness (QED) is 0.779. The summed E-state index contributed by atoms with van der Waals surface area (Å²) in [7, 11) is 0. The van der Waals surface area contributed by atoms with Crippen LogP contribution < -0.4 is 5.56 Å². The zero-order valence-corrected chi connectivity index (χ0v) is 13.6. The molecule has 1 aliphatic rings. The molecule has 10 heteroatoms. The Hall–Kier alpha value is -1.97. The minimum Gasteiger partial charge on any atom is -0.365 e. The highest BCUT2D eigenvalue weighted by atomic mass is 19.3. The van der Waals surface area contributed by atoms with E-state index in [-0.39, 0.29) is 18.0 Å². The number of nitrogens with zero attached hydrogens (tertiary/aromatic N) is 2. The van der Waals surface area contributed by atoms with E-state index in [0.29, 0.717) is 24.5 Å². The number of hydrogen-bond acceptors (Lipinski definition) is 4. The van der Waals surface area contributed by atoms with Crippen molar-refractivity contribution in [1.29, 1.82) is 0 Å². The number of ether oxygens (including phenoxy) is 1. The molecule has 0 aliphatic carbocycles. The molecule has 2 heterocycles. The number of alkyl halides is 4. The van der Waals surface area contributed by atoms with Crippen LogP contribution in [0.3, 0.4) is 0 Å². The van der Waals surface area contributed by atoms with Gasteiger partial charge in [0, 0.05) is 25.1 Å². The lowest BCUT2D eigenvalue weighted by Crippen LogP contribution is -2.42. The number of halogens is 4. The Labute approximate surface area is 141 Å². The highest BCUT2D eigenvalue weighted by molar-refractivity contribution is 5.77. The van der Waals surface area contributed by atoms with Crippen molar-refractivity contribution in [2.45, 2.75) is 38.0 Å². The van der Waals surface area contributed by atoms with E-state index in [9.17, 15) is 27.2 Å². The van der Waals surface area contributed by atoms with Gasteiger partial charge < -0.3 is 14.6 Å². The maximum atomic E-state index is 12.8. The van der Waals surface area contributed by atoms with E-state index in [4.69, 9.17) is 0 Å². The topological polar surface area (TPSA) is 75.3 Å². The van der Waals surface area contributed by atoms with Gasteiger partial charge in [-0.1, -0.05) is 0 Å². The summed E-state index contributed by atoms with van der Waals surface area (Å²) in [6.07, 6.45) is -2.46. The van der Waals surface area contributed by atoms with E-state index >= 15 is 0 Å². The van der Waals surface area contributed by atoms with Crippen molar-refractivity contribution in [3.63, 3.8) is 0 Å². The molecular formula is C15H19F4N3O3. The molecule has 1 atom stereocenters. The smallest absolute Gasteiger partial charge is 0.330 e. The molecule has 0 aromatic carbocycles. The number of aryl methyl sites for hydroxylation is 1. The van der Waals surface area contributed by atoms with E-state index in [1.165, 1.54) is 11.0 Å². The predicted molar refractivity (Wildman–Crippen MR) is 79.9 cm³/mol. The molecule has 1 N–H and O–H groups in total. The Balaban J connectivity index is 1.92. The van der Waals surface area contributed by atoms with Crippen molar-refractivity contribution in [3.8, 4) is 0 Å². The van der Waals surface area contributed by atoms with Gasteiger partial charge in [0.05, 0.1) is 5.69 Å². The number of H-pyrrole nitrogens is 1. The molecule has 0 bridgehead atoms. The molecule has 0 radical (unpaired) electrons. The molecule has 140 valence electrons. The Morgan fingerprint density at radius 3 is 2.88 bits per heavy atom. The molecule has 6 nitrogen and oxygen atoms in total. The van der Waals surface area contributed by atoms with Gasteiger partial charge in [0.15, 0.2) is 0 Å². The van der Waals surface area contributed by atoms with Crippen LogP contribution in [-0.2, 0) is 9.53 Å². The minimum atomic E-state index is -4.28. The summed E-state index contributed by atoms with van der Waals surface area (Å²) in [6.45, 7) is 0.114. The van der Waals surface area contributed by atoms with E-state index in [0.717, 1.165) is 6.42 Å². The van der Waals surface area contributed by atoms with Crippen LogP contribution in [0.25, 0.3) is 0 Å². The molecule has 2 rings (SSSR count). The summed E-state index contributed by atoms with van der Waals surface area (Å²) in [5.74, 6) is -4.53. The van der Waals surface area contributed by atoms with Gasteiger partial charge in [-0.15, -0.1) is 0 Å². The Bertz CT molecular complexity index is 666. The van der Waals surface area contributed by atoms with Crippen molar-refractivity contribution in [2.24, 2.45) is 0 Å². The second-order valence-electron chi connectivity index (χ2n) is 5.99. The normalized spacial score (nSPS) is 18.6. The maximum Gasteiger partial charge on any atom is 0.330 e. The average molecular weight is 365 g/mol. The second-order valence-corrected chi connectivity index (χ2v) is 5.99. The fourth-order valence-corrected chi connectivity index (χ4v) is 2.69. The lowest BCUT2D eigenvalue weighted by Gasteiger charge is -2.32. The van der Waals surface area contributed by atoms with Gasteiger partial charge in [-0.3, -0.25) is 9.59 Å². The van der Waals surface area contributed by atoms with E-state index < -0.39 is 31.5 Å². The highest BCUT2D eigenvalue weighted by Crippen LogP contribution is 2.25. The largest absolute Gasteiger partial charge is 0.365 e. The zero-order chi connectivity index (χ0) is 18.6. The van der Waals surface area contributed by atoms with Crippen LogP contribution in [-0.4, -0.2) is 59.4 Å². The van der Waals surface area contributed by atoms with Crippen molar-refractivity contribution in [2.75, 3.05) is 26.3 Å². The number of hydrogen-bond donors (Lipinski definition) is 1. The van der Waals surface area contributed by atoms with Gasteiger partial charge >= 0.3 is 12.3 Å². The summed E-state index contributed by atoms with van der Waals surface area (Å²) in [4.78, 5) is 31.8. The molecule has 1 aromatic rings. The van der Waals surface area contributed by atoms with Gasteiger partial charge in [0.25, 0.3) is 5.56 Å². The van der Waals surface area contributed by atoms with Crippen LogP contribution in [0.2, 0.25) is 0 Å². The molecule has 0 saturated carbocycles. The van der Waals surface area contributed by atoms with E-state index in [2.05, 4.69) is 14.7 Å². The highest BCUT2D eigenvalue weighted by Gasteiger charge is 2.41. The maximum absolute atomic E-state index is 12.8. The summed E-state index contributed by atoms with van der Waals surface area (Å²) in [6, 6.07) is 1.37. The molecule has 1 fully saturated rings. The third kappa shape index (κ3) is 5.25. The van der Waals surface area contributed by atoms with Crippen LogP contribution in [0, 0.1) is 6.92 Å². The average Bonchev–Trinajstić information content (AvgIpc) is 2.53. The summed E-state index contributed by atoms with van der Waals surface area (Å²) >= 11 is 0. The minimum absolute atomic E-state index is 0.152. The summed E-state index contributed by atoms with van der Waals surface area (Å²) in [5.41, 5.74) is 0.271. The lowest BCUT2D eigenvalue weighted by atomic mass is 9.94. The zero-order valence-electron chi connectivity index (χ0n) is 13.6. The Morgan fingerprint density at radius 2 is 2.24 bits per heavy atom. The predicted octanol–water partition coefficient (Wildman–Crippen LogP) is 1.70. The first-order valence-electron chi connectivity index (χ1n) is 7.78. The molecule has 1 aromatic heterocycles. The third-order valence-corrected chi connectivity index (χ3v) is 3.91. The Kier molecular flexibility index (Phi) is 6.15. The standard InChI is InChI=1S/C15H19F4N3O3/c1-9-20-11(5-12(23)21-9)10-3-2-4-22(6-10)13(24)7-25-8-15(18,19)14(16)17/h5,10,14H,2-4,6-8H2,1H3,(H,20,21,23)/t10-/m0/s1. The van der Waals surface area contributed by atoms with Crippen molar-refractivity contribution in [1.82, 2.24) is 14.9 Å². The van der Waals surface area contributed by atoms with Crippen LogP contribution in [0.5, 0.6) is 0 Å². The van der Waals surface area contributed by atoms with E-state index in [1.54, 1.807) is 6.92 Å². The van der Waals surface area contributed by atoms with Gasteiger partial charge in [-0.25, -0.2) is 13.8 Å². The fourth-order valence-electron chi connectivity index (χ4n) is 2.69. The number of piperidine rings is 1. The summed E-state index contributed by atoms with van der Waals surface area (Å²) in [5, 5.41) is 0. The number of nitrogens with one attached hydrogen (secondary N) is 1. The van der Waals surface area contributed by atoms with Crippen LogP contribution in [0.15, 0.2) is 10.9 Å². The number of carbonyl (C=O) groups is 1. The number of amides is 1. The van der Waals surface area contributed by atoms with Crippen LogP contribution in [0.4, 0.5) is 17.6 Å². The number of rotatable bonds is 6. The second kappa shape index (κ2) is 7.94. The van der Waals surface area contributed by atoms with Gasteiger partial charge in [-0.05, 0) is 19.8 Å². The first-order valence-corrected chi connectivity index (χ1v) is 7.78. The number of aromatic amines is 1. The van der Waals surface area contributed by atoms with E-state index in [1.807, 2.05) is 0 Å². The summed E-state index contributed by atoms with van der Waals surface area (Å²) < 4.78 is 54.0. The molecule has 0 unspecified atom stereocenters. The molecule has 25 heavy (non-hydrogen) atoms. The lowest BCUT2D eigenvalue weighted by molar-refractivity contribution is -0.171. The van der Waals surface area contributed by atoms with Gasteiger partial charge in [0.2, 0.25) is 5.91 Å². The fraction of sp³-hybridized carbons (Fsp3) is 0.667. The molecular weight excluding hydrogens is 346 g/mol. The third-order valence-electron chi connectivity index (χ3n) is 3.91. The number of aromatic nitrogens is 2. The number of likely N-dealkylation sites (tertiary alicyclic amines) is 1. The van der Waals surface area contributed by atoms with Gasteiger partial charge in [-0.2, -0.15) is 8.78 Å². The van der Waals surface area contributed by atoms with Gasteiger partial charge in [0.1, 0.15) is 19.0 Å². The first kappa shape index (κ1) is 19.4. The molecule has 0 spiro atoms. The molecule has 1 aliphatic heterocycles. The van der Waals surface area contributed by atoms with Crippen molar-refractivity contribution >= 4 is 5.91 Å². The monoisotopic (exact) mass is 365 g/mol. The SMILES string of the molecule is Cc1nc([C@H]2CCCN(C(=O)COCC(F)(F)C(F)F)C2)cc(=O)[nH]1. The Morgan fingerprint density at radius 1 is 1.52 bits per heavy atom. The molecule has 1 saturated heterocycles. The molecule has 1 amide bonds. The van der Waals surface area contributed by atoms with Crippen LogP contribution in [0.1, 0.15) is 30.3 Å². The van der Waals surface area contributed by atoms with Crippen LogP contribution >= 0.6 is 0 Å².